The summed E-state index contributed by atoms with van der Waals surface area (Å²) in [4.78, 5) is 4.66. The second kappa shape index (κ2) is 5.00. The summed E-state index contributed by atoms with van der Waals surface area (Å²) < 4.78 is 7.96. The van der Waals surface area contributed by atoms with Crippen molar-refractivity contribution in [2.75, 3.05) is 6.61 Å². The summed E-state index contributed by atoms with van der Waals surface area (Å²) in [5.41, 5.74) is 2.78. The van der Waals surface area contributed by atoms with E-state index in [1.54, 1.807) is 0 Å². The minimum absolute atomic E-state index is 0.319. The second-order valence-corrected chi connectivity index (χ2v) is 4.83. The molecule has 0 bridgehead atoms. The molecular formula is C13H22N2O. The van der Waals surface area contributed by atoms with Crippen LogP contribution in [0.25, 0.3) is 0 Å². The fourth-order valence-corrected chi connectivity index (χ4v) is 2.41. The third-order valence-electron chi connectivity index (χ3n) is 3.19. The van der Waals surface area contributed by atoms with E-state index in [0.29, 0.717) is 6.10 Å². The van der Waals surface area contributed by atoms with Gasteiger partial charge in [0.2, 0.25) is 0 Å². The molecule has 1 heterocycles. The number of fused-ring (bicyclic) bond motifs is 1. The number of nitrogens with zero attached hydrogens (tertiary/aromatic N) is 2. The van der Waals surface area contributed by atoms with Crippen LogP contribution in [-0.2, 0) is 24.1 Å². The average Bonchev–Trinajstić information content (AvgIpc) is 2.55. The number of hydrogen-bond acceptors (Lipinski definition) is 2. The molecule has 1 aromatic heterocycles. The molecule has 3 nitrogen and oxygen atoms in total. The van der Waals surface area contributed by atoms with Gasteiger partial charge < -0.3 is 9.30 Å². The molecule has 0 saturated carbocycles. The number of imidazole rings is 1. The van der Waals surface area contributed by atoms with Crippen LogP contribution in [0.2, 0.25) is 0 Å². The van der Waals surface area contributed by atoms with Gasteiger partial charge in [-0.25, -0.2) is 4.98 Å². The van der Waals surface area contributed by atoms with Crippen molar-refractivity contribution in [3.8, 4) is 0 Å². The van der Waals surface area contributed by atoms with Gasteiger partial charge in [-0.05, 0) is 46.5 Å². The van der Waals surface area contributed by atoms with E-state index in [2.05, 4.69) is 30.3 Å². The molecule has 3 heteroatoms. The second-order valence-electron chi connectivity index (χ2n) is 4.83. The van der Waals surface area contributed by atoms with Crippen LogP contribution in [0.5, 0.6) is 0 Å². The van der Waals surface area contributed by atoms with Crippen LogP contribution in [0.1, 0.15) is 43.9 Å². The Morgan fingerprint density at radius 1 is 1.31 bits per heavy atom. The number of ether oxygens (including phenoxy) is 1. The van der Waals surface area contributed by atoms with Crippen molar-refractivity contribution in [1.82, 2.24) is 9.55 Å². The molecular weight excluding hydrogens is 200 g/mol. The van der Waals surface area contributed by atoms with Gasteiger partial charge in [-0.1, -0.05) is 0 Å². The van der Waals surface area contributed by atoms with Crippen molar-refractivity contribution in [1.29, 1.82) is 0 Å². The minimum atomic E-state index is 0.319. The van der Waals surface area contributed by atoms with E-state index in [0.717, 1.165) is 25.4 Å². The molecule has 0 amide bonds. The monoisotopic (exact) mass is 222 g/mol. The maximum absolute atomic E-state index is 5.61. The van der Waals surface area contributed by atoms with Gasteiger partial charge in [-0.3, -0.25) is 0 Å². The van der Waals surface area contributed by atoms with Crippen molar-refractivity contribution in [2.45, 2.75) is 59.1 Å². The molecule has 0 aliphatic heterocycles. The van der Waals surface area contributed by atoms with E-state index in [1.165, 1.54) is 30.7 Å². The van der Waals surface area contributed by atoms with E-state index in [9.17, 15) is 0 Å². The number of rotatable bonds is 4. The number of aromatic nitrogens is 2. The lowest BCUT2D eigenvalue weighted by Crippen LogP contribution is -2.15. The molecule has 0 atom stereocenters. The average molecular weight is 222 g/mol. The number of aryl methyl sites for hydroxylation is 2. The molecule has 0 spiro atoms. The quantitative estimate of drug-likeness (QED) is 0.782. The molecule has 0 fully saturated rings. The summed E-state index contributed by atoms with van der Waals surface area (Å²) in [6.07, 6.45) is 5.28. The van der Waals surface area contributed by atoms with Crippen molar-refractivity contribution >= 4 is 0 Å². The Kier molecular flexibility index (Phi) is 3.64. The Hall–Kier alpha value is -0.830. The standard InChI is InChI=1S/C13H22N2O/c1-10(2)16-9-8-15-11(3)14-12-6-4-5-7-13(12)15/h10H,4-9H2,1-3H3. The third kappa shape index (κ3) is 2.46. The van der Waals surface area contributed by atoms with E-state index in [4.69, 9.17) is 4.74 Å². The topological polar surface area (TPSA) is 27.1 Å². The lowest BCUT2D eigenvalue weighted by molar-refractivity contribution is 0.0720. The van der Waals surface area contributed by atoms with E-state index >= 15 is 0 Å². The highest BCUT2D eigenvalue weighted by atomic mass is 16.5. The van der Waals surface area contributed by atoms with Gasteiger partial charge in [0.05, 0.1) is 18.4 Å². The zero-order valence-corrected chi connectivity index (χ0v) is 10.6. The van der Waals surface area contributed by atoms with Crippen LogP contribution < -0.4 is 0 Å². The highest BCUT2D eigenvalue weighted by molar-refractivity contribution is 5.19. The Bertz CT molecular complexity index is 355. The minimum Gasteiger partial charge on any atom is -0.377 e. The Labute approximate surface area is 97.8 Å². The smallest absolute Gasteiger partial charge is 0.106 e. The first kappa shape index (κ1) is 11.6. The molecule has 2 rings (SSSR count). The van der Waals surface area contributed by atoms with E-state index < -0.39 is 0 Å². The number of hydrogen-bond donors (Lipinski definition) is 0. The highest BCUT2D eigenvalue weighted by Gasteiger charge is 2.17. The van der Waals surface area contributed by atoms with Gasteiger partial charge in [0.25, 0.3) is 0 Å². The molecule has 0 saturated heterocycles. The predicted octanol–water partition coefficient (Wildman–Crippen LogP) is 2.50. The van der Waals surface area contributed by atoms with Crippen LogP contribution in [0, 0.1) is 6.92 Å². The summed E-state index contributed by atoms with van der Waals surface area (Å²) in [5, 5.41) is 0. The lowest BCUT2D eigenvalue weighted by atomic mass is 10.0. The fraction of sp³-hybridized carbons (Fsp3) is 0.769. The van der Waals surface area contributed by atoms with Crippen LogP contribution in [0.3, 0.4) is 0 Å². The van der Waals surface area contributed by atoms with Crippen molar-refractivity contribution in [3.05, 3.63) is 17.2 Å². The van der Waals surface area contributed by atoms with Gasteiger partial charge in [0.15, 0.2) is 0 Å². The van der Waals surface area contributed by atoms with Crippen LogP contribution >= 0.6 is 0 Å². The summed E-state index contributed by atoms with van der Waals surface area (Å²) in [6.45, 7) is 8.01. The summed E-state index contributed by atoms with van der Waals surface area (Å²) >= 11 is 0. The van der Waals surface area contributed by atoms with Gasteiger partial charge >= 0.3 is 0 Å². The van der Waals surface area contributed by atoms with E-state index in [-0.39, 0.29) is 0 Å². The van der Waals surface area contributed by atoms with Crippen molar-refractivity contribution in [2.24, 2.45) is 0 Å². The van der Waals surface area contributed by atoms with Gasteiger partial charge in [0, 0.05) is 12.2 Å². The first-order valence-electron chi connectivity index (χ1n) is 6.35. The molecule has 0 radical (unpaired) electrons. The Morgan fingerprint density at radius 2 is 2.06 bits per heavy atom. The van der Waals surface area contributed by atoms with Gasteiger partial charge in [-0.2, -0.15) is 0 Å². The van der Waals surface area contributed by atoms with E-state index in [1.807, 2.05) is 0 Å². The van der Waals surface area contributed by atoms with Crippen molar-refractivity contribution in [3.63, 3.8) is 0 Å². The molecule has 1 aliphatic carbocycles. The zero-order valence-electron chi connectivity index (χ0n) is 10.6. The molecule has 0 N–H and O–H groups in total. The van der Waals surface area contributed by atoms with Crippen LogP contribution in [0.4, 0.5) is 0 Å². The molecule has 90 valence electrons. The summed E-state index contributed by atoms with van der Waals surface area (Å²) in [6, 6.07) is 0. The largest absolute Gasteiger partial charge is 0.377 e. The van der Waals surface area contributed by atoms with Crippen molar-refractivity contribution < 1.29 is 4.74 Å². The Balaban J connectivity index is 2.05. The highest BCUT2D eigenvalue weighted by Crippen LogP contribution is 2.21. The van der Waals surface area contributed by atoms with Gasteiger partial charge in [0.1, 0.15) is 5.82 Å². The molecule has 1 aliphatic rings. The lowest BCUT2D eigenvalue weighted by Gasteiger charge is -2.15. The summed E-state index contributed by atoms with van der Waals surface area (Å²) in [7, 11) is 0. The normalized spacial score (nSPS) is 15.5. The maximum Gasteiger partial charge on any atom is 0.106 e. The molecule has 0 unspecified atom stereocenters. The first-order chi connectivity index (χ1) is 7.68. The molecule has 0 aromatic carbocycles. The summed E-state index contributed by atoms with van der Waals surface area (Å²) in [5.74, 6) is 1.15. The molecule has 16 heavy (non-hydrogen) atoms. The third-order valence-corrected chi connectivity index (χ3v) is 3.19. The zero-order chi connectivity index (χ0) is 11.5. The SMILES string of the molecule is Cc1nc2c(n1CCOC(C)C)CCCC2. The Morgan fingerprint density at radius 3 is 2.81 bits per heavy atom. The maximum atomic E-state index is 5.61. The van der Waals surface area contributed by atoms with Gasteiger partial charge in [-0.15, -0.1) is 0 Å². The van der Waals surface area contributed by atoms with Crippen LogP contribution in [-0.4, -0.2) is 22.3 Å². The fourth-order valence-electron chi connectivity index (χ4n) is 2.41. The first-order valence-corrected chi connectivity index (χ1v) is 6.35. The predicted molar refractivity (Wildman–Crippen MR) is 64.7 cm³/mol. The van der Waals surface area contributed by atoms with Crippen LogP contribution in [0.15, 0.2) is 0 Å². The molecule has 1 aromatic rings.